The van der Waals surface area contributed by atoms with E-state index in [4.69, 9.17) is 21.7 Å². The lowest BCUT2D eigenvalue weighted by atomic mass is 10.1. The molecule has 76 valence electrons. The van der Waals surface area contributed by atoms with Crippen LogP contribution < -0.4 is 4.74 Å². The normalized spacial score (nSPS) is 10.0. The lowest BCUT2D eigenvalue weighted by Crippen LogP contribution is -1.99. The number of aryl methyl sites for hydroxylation is 1. The number of hydrogen-bond acceptors (Lipinski definition) is 3. The molecule has 0 bridgehead atoms. The van der Waals surface area contributed by atoms with Crippen LogP contribution in [-0.2, 0) is 0 Å². The molecule has 0 saturated heterocycles. The van der Waals surface area contributed by atoms with Crippen LogP contribution in [0.1, 0.15) is 11.1 Å². The summed E-state index contributed by atoms with van der Waals surface area (Å²) in [7, 11) is 1.60. The van der Waals surface area contributed by atoms with Gasteiger partial charge in [-0.3, -0.25) is 5.41 Å². The molecule has 0 aliphatic rings. The first-order valence-electron chi connectivity index (χ1n) is 4.07. The van der Waals surface area contributed by atoms with Crippen molar-refractivity contribution >= 4 is 28.4 Å². The second kappa shape index (κ2) is 4.71. The molecule has 14 heavy (non-hydrogen) atoms. The quantitative estimate of drug-likeness (QED) is 0.623. The van der Waals surface area contributed by atoms with Crippen LogP contribution in [0.5, 0.6) is 5.75 Å². The van der Waals surface area contributed by atoms with Gasteiger partial charge in [0, 0.05) is 10.6 Å². The molecule has 0 saturated carbocycles. The van der Waals surface area contributed by atoms with E-state index < -0.39 is 0 Å². The van der Waals surface area contributed by atoms with Gasteiger partial charge < -0.3 is 4.74 Å². The fourth-order valence-corrected chi connectivity index (χ4v) is 1.92. The van der Waals surface area contributed by atoms with Gasteiger partial charge in [-0.2, -0.15) is 0 Å². The van der Waals surface area contributed by atoms with Crippen molar-refractivity contribution in [2.24, 2.45) is 0 Å². The van der Waals surface area contributed by atoms with Crippen molar-refractivity contribution in [2.45, 2.75) is 6.92 Å². The number of halogens is 1. The van der Waals surface area contributed by atoms with Crippen LogP contribution in [0.3, 0.4) is 0 Å². The Labute approximate surface area is 93.1 Å². The molecule has 1 rings (SSSR count). The highest BCUT2D eigenvalue weighted by Crippen LogP contribution is 2.29. The van der Waals surface area contributed by atoms with Crippen molar-refractivity contribution < 1.29 is 4.74 Å². The van der Waals surface area contributed by atoms with Crippen molar-refractivity contribution in [1.29, 1.82) is 5.41 Å². The summed E-state index contributed by atoms with van der Waals surface area (Å²) in [5.41, 5.74) is 1.71. The van der Waals surface area contributed by atoms with Crippen LogP contribution >= 0.6 is 23.4 Å². The van der Waals surface area contributed by atoms with Gasteiger partial charge in [0.2, 0.25) is 0 Å². The van der Waals surface area contributed by atoms with Crippen LogP contribution in [0, 0.1) is 12.3 Å². The van der Waals surface area contributed by atoms with Gasteiger partial charge in [-0.1, -0.05) is 11.6 Å². The zero-order valence-corrected chi connectivity index (χ0v) is 9.92. The summed E-state index contributed by atoms with van der Waals surface area (Å²) in [5, 5.41) is 8.84. The average Bonchev–Trinajstić information content (AvgIpc) is 2.15. The number of ether oxygens (including phenoxy) is 1. The van der Waals surface area contributed by atoms with E-state index in [1.165, 1.54) is 11.8 Å². The highest BCUT2D eigenvalue weighted by molar-refractivity contribution is 8.13. The first-order valence-corrected chi connectivity index (χ1v) is 5.67. The number of benzene rings is 1. The average molecular weight is 230 g/mol. The summed E-state index contributed by atoms with van der Waals surface area (Å²) >= 11 is 7.29. The Hall–Kier alpha value is -0.670. The molecular formula is C10H12ClNOS. The van der Waals surface area contributed by atoms with Crippen molar-refractivity contribution in [3.63, 3.8) is 0 Å². The second-order valence-electron chi connectivity index (χ2n) is 2.84. The van der Waals surface area contributed by atoms with Crippen molar-refractivity contribution in [3.05, 3.63) is 28.3 Å². The Morgan fingerprint density at radius 3 is 2.64 bits per heavy atom. The minimum atomic E-state index is 0.465. The highest BCUT2D eigenvalue weighted by Gasteiger charge is 2.11. The van der Waals surface area contributed by atoms with E-state index in [9.17, 15) is 0 Å². The van der Waals surface area contributed by atoms with Crippen molar-refractivity contribution in [1.82, 2.24) is 0 Å². The maximum atomic E-state index is 7.74. The van der Waals surface area contributed by atoms with Crippen LogP contribution in [0.4, 0.5) is 0 Å². The Kier molecular flexibility index (Phi) is 3.84. The van der Waals surface area contributed by atoms with Crippen LogP contribution in [0.25, 0.3) is 0 Å². The predicted molar refractivity (Wildman–Crippen MR) is 63.1 cm³/mol. The minimum Gasteiger partial charge on any atom is -0.496 e. The van der Waals surface area contributed by atoms with Gasteiger partial charge in [0.15, 0.2) is 0 Å². The topological polar surface area (TPSA) is 33.1 Å². The van der Waals surface area contributed by atoms with E-state index in [2.05, 4.69) is 0 Å². The minimum absolute atomic E-state index is 0.465. The van der Waals surface area contributed by atoms with Gasteiger partial charge in [0.1, 0.15) is 5.75 Å². The summed E-state index contributed by atoms with van der Waals surface area (Å²) in [6.45, 7) is 1.92. The molecule has 1 N–H and O–H groups in total. The van der Waals surface area contributed by atoms with E-state index in [1.807, 2.05) is 19.2 Å². The molecule has 0 fully saturated rings. The van der Waals surface area contributed by atoms with E-state index in [-0.39, 0.29) is 0 Å². The number of methoxy groups -OCH3 is 1. The zero-order chi connectivity index (χ0) is 10.7. The van der Waals surface area contributed by atoms with Gasteiger partial charge in [0.25, 0.3) is 0 Å². The molecule has 0 spiro atoms. The monoisotopic (exact) mass is 229 g/mol. The van der Waals surface area contributed by atoms with Gasteiger partial charge in [-0.15, -0.1) is 11.8 Å². The van der Waals surface area contributed by atoms with E-state index in [0.29, 0.717) is 10.1 Å². The van der Waals surface area contributed by atoms with Gasteiger partial charge in [-0.05, 0) is 30.9 Å². The van der Waals surface area contributed by atoms with E-state index >= 15 is 0 Å². The first kappa shape index (κ1) is 11.4. The second-order valence-corrected chi connectivity index (χ2v) is 4.09. The summed E-state index contributed by atoms with van der Waals surface area (Å²) in [6, 6.07) is 3.59. The van der Waals surface area contributed by atoms with E-state index in [1.54, 1.807) is 13.2 Å². The van der Waals surface area contributed by atoms with Gasteiger partial charge in [0.05, 0.1) is 12.2 Å². The Balaban J connectivity index is 3.32. The summed E-state index contributed by atoms with van der Waals surface area (Å²) < 4.78 is 5.24. The van der Waals surface area contributed by atoms with Crippen LogP contribution in [0.2, 0.25) is 5.02 Å². The van der Waals surface area contributed by atoms with Crippen LogP contribution in [0.15, 0.2) is 12.1 Å². The lowest BCUT2D eigenvalue weighted by Gasteiger charge is -2.11. The first-order chi connectivity index (χ1) is 6.60. The predicted octanol–water partition coefficient (Wildman–Crippen LogP) is 3.35. The molecule has 0 atom stereocenters. The summed E-state index contributed by atoms with van der Waals surface area (Å²) in [6.07, 6.45) is 1.86. The third kappa shape index (κ3) is 2.22. The number of thioether (sulfide) groups is 1. The fraction of sp³-hybridized carbons (Fsp3) is 0.300. The van der Waals surface area contributed by atoms with Crippen LogP contribution in [-0.4, -0.2) is 18.4 Å². The maximum Gasteiger partial charge on any atom is 0.131 e. The number of hydrogen-bond donors (Lipinski definition) is 1. The van der Waals surface area contributed by atoms with Gasteiger partial charge >= 0.3 is 0 Å². The number of nitrogens with one attached hydrogen (secondary N) is 1. The molecule has 4 heteroatoms. The number of rotatable bonds is 2. The molecule has 0 radical (unpaired) electrons. The molecule has 0 amide bonds. The molecule has 1 aromatic rings. The van der Waals surface area contributed by atoms with E-state index in [0.717, 1.165) is 16.9 Å². The third-order valence-electron chi connectivity index (χ3n) is 1.89. The molecular weight excluding hydrogens is 218 g/mol. The molecule has 0 aliphatic heterocycles. The molecule has 1 aromatic carbocycles. The largest absolute Gasteiger partial charge is 0.496 e. The zero-order valence-electron chi connectivity index (χ0n) is 8.35. The maximum absolute atomic E-state index is 7.74. The Morgan fingerprint density at radius 2 is 2.14 bits per heavy atom. The molecule has 0 heterocycles. The summed E-state index contributed by atoms with van der Waals surface area (Å²) in [5.74, 6) is 0.730. The summed E-state index contributed by atoms with van der Waals surface area (Å²) in [4.78, 5) is 0. The third-order valence-corrected chi connectivity index (χ3v) is 2.74. The Morgan fingerprint density at radius 1 is 1.50 bits per heavy atom. The Bertz CT molecular complexity index is 365. The smallest absolute Gasteiger partial charge is 0.131 e. The molecule has 0 aliphatic carbocycles. The standard InChI is InChI=1S/C10H12ClNOS/c1-6-4-7(11)5-8(9(6)13-2)10(12)14-3/h4-5,12H,1-3H3. The highest BCUT2D eigenvalue weighted by atomic mass is 35.5. The van der Waals surface area contributed by atoms with Gasteiger partial charge in [-0.25, -0.2) is 0 Å². The molecule has 0 unspecified atom stereocenters. The molecule has 2 nitrogen and oxygen atoms in total. The lowest BCUT2D eigenvalue weighted by molar-refractivity contribution is 0.411. The fourth-order valence-electron chi connectivity index (χ4n) is 1.28. The van der Waals surface area contributed by atoms with Crippen molar-refractivity contribution in [3.8, 4) is 5.75 Å². The SMILES string of the molecule is COc1c(C)cc(Cl)cc1C(=N)SC. The van der Waals surface area contributed by atoms with Crippen molar-refractivity contribution in [2.75, 3.05) is 13.4 Å². The molecule has 0 aromatic heterocycles.